The van der Waals surface area contributed by atoms with Crippen LogP contribution in [0.4, 0.5) is 9.93 Å². The Balaban J connectivity index is 0.000000589. The Morgan fingerprint density at radius 1 is 1.13 bits per heavy atom. The van der Waals surface area contributed by atoms with Gasteiger partial charge in [0.1, 0.15) is 5.01 Å². The van der Waals surface area contributed by atoms with E-state index in [1.807, 2.05) is 25.1 Å². The van der Waals surface area contributed by atoms with E-state index in [1.54, 1.807) is 15.6 Å². The van der Waals surface area contributed by atoms with Crippen LogP contribution in [-0.4, -0.2) is 71.5 Å². The maximum absolute atomic E-state index is 12.8. The summed E-state index contributed by atoms with van der Waals surface area (Å²) >= 11 is 1.54. The zero-order chi connectivity index (χ0) is 21.9. The minimum Gasteiger partial charge on any atom is -0.450 e. The second-order valence-electron chi connectivity index (χ2n) is 7.22. The summed E-state index contributed by atoms with van der Waals surface area (Å²) < 4.78 is 30.0. The van der Waals surface area contributed by atoms with Crippen LogP contribution in [0.5, 0.6) is 0 Å². The van der Waals surface area contributed by atoms with Crippen molar-refractivity contribution < 1.29 is 23.4 Å². The number of benzene rings is 1. The fraction of sp³-hybridized carbons (Fsp3) is 0.500. The lowest BCUT2D eigenvalue weighted by atomic mass is 10.1. The molecule has 30 heavy (non-hydrogen) atoms. The van der Waals surface area contributed by atoms with E-state index in [4.69, 9.17) is 15.0 Å². The van der Waals surface area contributed by atoms with E-state index in [-0.39, 0.29) is 12.0 Å². The van der Waals surface area contributed by atoms with Gasteiger partial charge in [-0.2, -0.15) is 17.4 Å². The number of nitrogens with one attached hydrogen (secondary N) is 1. The summed E-state index contributed by atoms with van der Waals surface area (Å²) in [6.45, 7) is 6.22. The predicted octanol–water partition coefficient (Wildman–Crippen LogP) is 1.83. The fourth-order valence-electron chi connectivity index (χ4n) is 3.61. The first kappa shape index (κ1) is 22.4. The average Bonchev–Trinajstić information content (AvgIpc) is 3.10. The number of rotatable bonds is 5. The van der Waals surface area contributed by atoms with Gasteiger partial charge < -0.3 is 15.1 Å². The molecule has 1 aliphatic carbocycles. The molecule has 2 heterocycles. The molecule has 1 aromatic carbocycles. The maximum Gasteiger partial charge on any atom is 0.503 e. The number of carboxylic acid groups (broad SMARTS) is 2. The van der Waals surface area contributed by atoms with Gasteiger partial charge in [-0.15, -0.1) is 10.2 Å². The normalized spacial score (nSPS) is 24.1. The Hall–Kier alpha value is -2.28. The number of carbonyl (C=O) groups is 1. The van der Waals surface area contributed by atoms with Crippen molar-refractivity contribution in [3.8, 4) is 0 Å². The number of aromatic nitrogens is 2. The Kier molecular flexibility index (Phi) is 6.91. The lowest BCUT2D eigenvalue weighted by Crippen LogP contribution is -2.52. The van der Waals surface area contributed by atoms with Crippen LogP contribution >= 0.6 is 11.3 Å². The Labute approximate surface area is 179 Å². The summed E-state index contributed by atoms with van der Waals surface area (Å²) in [6, 6.07) is 10.1. The first-order chi connectivity index (χ1) is 14.2. The van der Waals surface area contributed by atoms with Crippen LogP contribution in [0.2, 0.25) is 0 Å². The minimum absolute atomic E-state index is 0.0220. The van der Waals surface area contributed by atoms with E-state index in [1.165, 1.54) is 5.56 Å². The van der Waals surface area contributed by atoms with Crippen molar-refractivity contribution in [1.82, 2.24) is 19.2 Å². The molecule has 0 radical (unpaired) electrons. The highest BCUT2D eigenvalue weighted by molar-refractivity contribution is 7.87. The zero-order valence-electron chi connectivity index (χ0n) is 16.7. The predicted molar refractivity (Wildman–Crippen MR) is 113 cm³/mol. The maximum atomic E-state index is 12.8. The molecule has 2 aliphatic rings. The molecule has 1 aliphatic heterocycles. The van der Waals surface area contributed by atoms with E-state index in [0.717, 1.165) is 10.1 Å². The highest BCUT2D eigenvalue weighted by Crippen LogP contribution is 2.47. The molecule has 1 saturated heterocycles. The molecule has 10 nitrogen and oxygen atoms in total. The van der Waals surface area contributed by atoms with E-state index < -0.39 is 16.4 Å². The van der Waals surface area contributed by atoms with Crippen molar-refractivity contribution in [2.75, 3.05) is 31.1 Å². The number of aryl methyl sites for hydroxylation is 1. The van der Waals surface area contributed by atoms with E-state index in [9.17, 15) is 8.42 Å². The van der Waals surface area contributed by atoms with Gasteiger partial charge in [0.2, 0.25) is 5.13 Å². The lowest BCUT2D eigenvalue weighted by Gasteiger charge is -2.33. The highest BCUT2D eigenvalue weighted by Gasteiger charge is 2.50. The second kappa shape index (κ2) is 9.25. The van der Waals surface area contributed by atoms with Crippen molar-refractivity contribution in [2.24, 2.45) is 5.92 Å². The van der Waals surface area contributed by atoms with Crippen LogP contribution in [0.15, 0.2) is 30.3 Å². The van der Waals surface area contributed by atoms with Gasteiger partial charge in [-0.25, -0.2) is 4.79 Å². The molecule has 0 amide bonds. The van der Waals surface area contributed by atoms with Crippen LogP contribution in [0, 0.1) is 12.8 Å². The Morgan fingerprint density at radius 3 is 2.27 bits per heavy atom. The van der Waals surface area contributed by atoms with Crippen molar-refractivity contribution in [2.45, 2.75) is 25.8 Å². The first-order valence-corrected chi connectivity index (χ1v) is 11.7. The molecule has 1 saturated carbocycles. The first-order valence-electron chi connectivity index (χ1n) is 9.48. The molecular weight excluding hydrogens is 430 g/mol. The SMILES string of the molecule is Cc1nnc(N2CCN(S(=O)(=O)N[C@H]3[C@H](C)[C@@H]3c3ccccc3)CC2)s1.O=C(O)O. The molecule has 4 rings (SSSR count). The summed E-state index contributed by atoms with van der Waals surface area (Å²) in [7, 11) is -3.47. The number of hydrogen-bond donors (Lipinski definition) is 3. The van der Waals surface area contributed by atoms with Crippen LogP contribution in [0.1, 0.15) is 23.4 Å². The quantitative estimate of drug-likeness (QED) is 0.621. The third-order valence-corrected chi connectivity index (χ3v) is 7.73. The van der Waals surface area contributed by atoms with Crippen LogP contribution in [-0.2, 0) is 10.2 Å². The van der Waals surface area contributed by atoms with Gasteiger partial charge in [-0.05, 0) is 18.4 Å². The number of piperazine rings is 1. The third-order valence-electron chi connectivity index (χ3n) is 5.21. The van der Waals surface area contributed by atoms with E-state index >= 15 is 0 Å². The summed E-state index contributed by atoms with van der Waals surface area (Å²) in [4.78, 5) is 10.7. The van der Waals surface area contributed by atoms with Crippen LogP contribution in [0.25, 0.3) is 0 Å². The largest absolute Gasteiger partial charge is 0.503 e. The lowest BCUT2D eigenvalue weighted by molar-refractivity contribution is 0.137. The van der Waals surface area contributed by atoms with Crippen LogP contribution in [0.3, 0.4) is 0 Å². The molecule has 164 valence electrons. The van der Waals surface area contributed by atoms with Gasteiger partial charge in [0.15, 0.2) is 0 Å². The Bertz CT molecular complexity index is 956. The molecule has 3 N–H and O–H groups in total. The highest BCUT2D eigenvalue weighted by atomic mass is 32.2. The topological polar surface area (TPSA) is 136 Å². The summed E-state index contributed by atoms with van der Waals surface area (Å²) in [5.74, 6) is 0.578. The van der Waals surface area contributed by atoms with Crippen molar-refractivity contribution in [3.05, 3.63) is 40.9 Å². The molecule has 2 fully saturated rings. The smallest absolute Gasteiger partial charge is 0.450 e. The molecule has 1 aromatic heterocycles. The molecule has 0 unspecified atom stereocenters. The van der Waals surface area contributed by atoms with Crippen molar-refractivity contribution in [3.63, 3.8) is 0 Å². The molecule has 12 heteroatoms. The number of nitrogens with zero attached hydrogens (tertiary/aromatic N) is 4. The van der Waals surface area contributed by atoms with Gasteiger partial charge >= 0.3 is 6.16 Å². The molecule has 3 atom stereocenters. The summed E-state index contributed by atoms with van der Waals surface area (Å²) in [6.07, 6.45) is -1.83. The van der Waals surface area contributed by atoms with Gasteiger partial charge in [0, 0.05) is 38.1 Å². The summed E-state index contributed by atoms with van der Waals surface area (Å²) in [5, 5.41) is 23.9. The average molecular weight is 456 g/mol. The fourth-order valence-corrected chi connectivity index (χ4v) is 5.85. The monoisotopic (exact) mass is 455 g/mol. The second-order valence-corrected chi connectivity index (χ2v) is 10.1. The molecule has 0 spiro atoms. The molecule has 2 aromatic rings. The van der Waals surface area contributed by atoms with Crippen molar-refractivity contribution in [1.29, 1.82) is 0 Å². The van der Waals surface area contributed by atoms with Gasteiger partial charge in [0.25, 0.3) is 10.2 Å². The number of anilines is 1. The van der Waals surface area contributed by atoms with Crippen LogP contribution < -0.4 is 9.62 Å². The van der Waals surface area contributed by atoms with Gasteiger partial charge in [-0.1, -0.05) is 48.6 Å². The molecular formula is C18H25N5O5S2. The zero-order valence-corrected chi connectivity index (χ0v) is 18.3. The number of hydrogen-bond acceptors (Lipinski definition) is 7. The third kappa shape index (κ3) is 5.45. The van der Waals surface area contributed by atoms with Crippen molar-refractivity contribution >= 4 is 32.8 Å². The van der Waals surface area contributed by atoms with E-state index in [2.05, 4.69) is 38.9 Å². The minimum atomic E-state index is -3.47. The molecule has 0 bridgehead atoms. The van der Waals surface area contributed by atoms with Gasteiger partial charge in [-0.3, -0.25) is 0 Å². The Morgan fingerprint density at radius 2 is 1.73 bits per heavy atom. The summed E-state index contributed by atoms with van der Waals surface area (Å²) in [5.41, 5.74) is 1.20. The standard InChI is InChI=1S/C17H23N5O2S2.CH2O3/c1-12-15(14-6-4-3-5-7-14)16(12)20-26(23,24)22-10-8-21(9-11-22)17-19-18-13(2)25-17;2-1(3)4/h3-7,12,15-16,20H,8-11H2,1-2H3;(H2,2,3,4)/t12-,15-,16+;/m1./s1. The van der Waals surface area contributed by atoms with E-state index in [0.29, 0.717) is 32.1 Å². The van der Waals surface area contributed by atoms with Gasteiger partial charge in [0.05, 0.1) is 0 Å².